The first-order valence-electron chi connectivity index (χ1n) is 15.3. The zero-order chi connectivity index (χ0) is 30.5. The molecule has 3 heterocycles. The largest absolute Gasteiger partial charge is 0.497 e. The van der Waals surface area contributed by atoms with E-state index in [0.717, 1.165) is 61.5 Å². The quantitative estimate of drug-likeness (QED) is 0.234. The van der Waals surface area contributed by atoms with Gasteiger partial charge in [-0.15, -0.1) is 10.2 Å². The molecular formula is C34H39N7O3. The Labute approximate surface area is 256 Å². The molecule has 0 bridgehead atoms. The fraction of sp³-hybridized carbons (Fsp3) is 0.353. The molecular weight excluding hydrogens is 554 g/mol. The highest BCUT2D eigenvalue weighted by molar-refractivity contribution is 5.80. The number of carbonyl (C=O) groups excluding carboxylic acids is 1. The maximum absolute atomic E-state index is 13.5. The molecule has 0 atom stereocenters. The summed E-state index contributed by atoms with van der Waals surface area (Å²) in [4.78, 5) is 31.1. The van der Waals surface area contributed by atoms with Crippen LogP contribution in [0.25, 0.3) is 16.7 Å². The summed E-state index contributed by atoms with van der Waals surface area (Å²) in [5.41, 5.74) is 4.04. The molecule has 1 aliphatic heterocycles. The Morgan fingerprint density at radius 2 is 1.68 bits per heavy atom. The predicted molar refractivity (Wildman–Crippen MR) is 173 cm³/mol. The van der Waals surface area contributed by atoms with E-state index in [-0.39, 0.29) is 11.5 Å². The van der Waals surface area contributed by atoms with Crippen LogP contribution in [0, 0.1) is 6.92 Å². The Morgan fingerprint density at radius 1 is 0.932 bits per heavy atom. The first-order valence-corrected chi connectivity index (χ1v) is 15.3. The molecule has 1 N–H and O–H groups in total. The lowest BCUT2D eigenvalue weighted by molar-refractivity contribution is -0.121. The van der Waals surface area contributed by atoms with Crippen molar-refractivity contribution in [3.8, 4) is 5.75 Å². The Kier molecular flexibility index (Phi) is 8.88. The summed E-state index contributed by atoms with van der Waals surface area (Å²) >= 11 is 0. The van der Waals surface area contributed by atoms with Crippen LogP contribution in [-0.2, 0) is 17.8 Å². The molecule has 0 aliphatic carbocycles. The van der Waals surface area contributed by atoms with Gasteiger partial charge in [0.15, 0.2) is 0 Å². The number of nitrogens with one attached hydrogen (secondary N) is 1. The van der Waals surface area contributed by atoms with Gasteiger partial charge in [0.1, 0.15) is 11.6 Å². The number of benzene rings is 3. The second-order valence-electron chi connectivity index (χ2n) is 11.4. The topological polar surface area (TPSA) is 97.0 Å². The second-order valence-corrected chi connectivity index (χ2v) is 11.4. The molecule has 5 aromatic rings. The zero-order valence-corrected chi connectivity index (χ0v) is 25.4. The number of anilines is 1. The molecule has 228 valence electrons. The summed E-state index contributed by atoms with van der Waals surface area (Å²) in [5, 5.41) is 12.5. The van der Waals surface area contributed by atoms with Gasteiger partial charge in [0.25, 0.3) is 5.56 Å². The third-order valence-electron chi connectivity index (χ3n) is 8.40. The molecule has 3 aromatic carbocycles. The predicted octanol–water partition coefficient (Wildman–Crippen LogP) is 3.67. The number of fused-ring (bicyclic) bond motifs is 3. The van der Waals surface area contributed by atoms with E-state index in [0.29, 0.717) is 42.9 Å². The minimum atomic E-state index is -0.104. The molecule has 6 rings (SSSR count). The number of carbonyl (C=O) groups is 1. The highest BCUT2D eigenvalue weighted by Gasteiger charge is 2.19. The number of ether oxygens (including phenoxy) is 1. The van der Waals surface area contributed by atoms with Gasteiger partial charge in [-0.2, -0.15) is 0 Å². The van der Waals surface area contributed by atoms with Gasteiger partial charge in [-0.25, -0.2) is 0 Å². The maximum atomic E-state index is 13.5. The van der Waals surface area contributed by atoms with Gasteiger partial charge in [0.2, 0.25) is 11.7 Å². The number of amides is 1. The number of methoxy groups -OCH3 is 1. The van der Waals surface area contributed by atoms with Crippen LogP contribution in [0.3, 0.4) is 0 Å². The van der Waals surface area contributed by atoms with Gasteiger partial charge in [-0.05, 0) is 61.9 Å². The Bertz CT molecular complexity index is 1790. The lowest BCUT2D eigenvalue weighted by Crippen LogP contribution is -2.47. The van der Waals surface area contributed by atoms with E-state index in [2.05, 4.69) is 37.4 Å². The van der Waals surface area contributed by atoms with Crippen LogP contribution in [0.5, 0.6) is 5.75 Å². The van der Waals surface area contributed by atoms with Gasteiger partial charge >= 0.3 is 0 Å². The van der Waals surface area contributed by atoms with Crippen LogP contribution in [0.15, 0.2) is 77.6 Å². The van der Waals surface area contributed by atoms with E-state index < -0.39 is 0 Å². The average molecular weight is 594 g/mol. The molecule has 10 heteroatoms. The summed E-state index contributed by atoms with van der Waals surface area (Å²) < 4.78 is 8.85. The van der Waals surface area contributed by atoms with Crippen molar-refractivity contribution in [2.45, 2.75) is 32.7 Å². The average Bonchev–Trinajstić information content (AvgIpc) is 3.49. The van der Waals surface area contributed by atoms with Crippen molar-refractivity contribution in [3.05, 3.63) is 100 Å². The number of aromatic nitrogens is 4. The normalized spacial score (nSPS) is 13.9. The standard InChI is InChI=1S/C34H39N7O3/c1-25-8-10-26(11-9-25)24-40-33(43)29-6-3-4-7-30(29)41-31(36-37-34(40)41)16-17-32(42)35-18-5-19-38-20-22-39(23-21-38)27-12-14-28(44-2)15-13-27/h3-4,6-15H,5,16-24H2,1-2H3,(H,35,42). The van der Waals surface area contributed by atoms with Gasteiger partial charge in [0, 0.05) is 51.3 Å². The van der Waals surface area contributed by atoms with Crippen molar-refractivity contribution >= 4 is 28.3 Å². The van der Waals surface area contributed by atoms with Gasteiger partial charge in [-0.3, -0.25) is 23.5 Å². The molecule has 1 aliphatic rings. The third kappa shape index (κ3) is 6.45. The number of hydrogen-bond acceptors (Lipinski definition) is 7. The van der Waals surface area contributed by atoms with Crippen LogP contribution in [0.4, 0.5) is 5.69 Å². The van der Waals surface area contributed by atoms with Crippen LogP contribution < -0.4 is 20.5 Å². The number of nitrogens with zero attached hydrogens (tertiary/aromatic N) is 6. The van der Waals surface area contributed by atoms with E-state index in [1.54, 1.807) is 11.7 Å². The van der Waals surface area contributed by atoms with Gasteiger partial charge < -0.3 is 15.0 Å². The van der Waals surface area contributed by atoms with Crippen molar-refractivity contribution in [1.29, 1.82) is 0 Å². The molecule has 10 nitrogen and oxygen atoms in total. The lowest BCUT2D eigenvalue weighted by atomic mass is 10.1. The number of rotatable bonds is 11. The Balaban J connectivity index is 1.02. The summed E-state index contributed by atoms with van der Waals surface area (Å²) in [5.74, 6) is 2.01. The fourth-order valence-electron chi connectivity index (χ4n) is 5.86. The van der Waals surface area contributed by atoms with E-state index in [4.69, 9.17) is 4.74 Å². The minimum absolute atomic E-state index is 0.0108. The first kappa shape index (κ1) is 29.4. The molecule has 0 radical (unpaired) electrons. The molecule has 44 heavy (non-hydrogen) atoms. The van der Waals surface area contributed by atoms with Crippen molar-refractivity contribution in [3.63, 3.8) is 0 Å². The first-order chi connectivity index (χ1) is 21.5. The van der Waals surface area contributed by atoms with Crippen molar-refractivity contribution in [2.75, 3.05) is 51.3 Å². The van der Waals surface area contributed by atoms with Crippen LogP contribution in [0.2, 0.25) is 0 Å². The summed E-state index contributed by atoms with van der Waals surface area (Å²) in [6.45, 7) is 8.00. The van der Waals surface area contributed by atoms with Crippen LogP contribution in [-0.4, -0.2) is 76.4 Å². The Morgan fingerprint density at radius 3 is 2.43 bits per heavy atom. The van der Waals surface area contributed by atoms with E-state index in [1.807, 2.05) is 72.0 Å². The van der Waals surface area contributed by atoms with E-state index >= 15 is 0 Å². The van der Waals surface area contributed by atoms with Crippen molar-refractivity contribution in [1.82, 2.24) is 29.4 Å². The van der Waals surface area contributed by atoms with Crippen molar-refractivity contribution in [2.24, 2.45) is 0 Å². The molecule has 1 fully saturated rings. The third-order valence-corrected chi connectivity index (χ3v) is 8.40. The molecule has 2 aromatic heterocycles. The van der Waals surface area contributed by atoms with Crippen LogP contribution >= 0.6 is 0 Å². The van der Waals surface area contributed by atoms with Crippen molar-refractivity contribution < 1.29 is 9.53 Å². The highest BCUT2D eigenvalue weighted by atomic mass is 16.5. The SMILES string of the molecule is COc1ccc(N2CCN(CCCNC(=O)CCc3nnc4n(Cc5ccc(C)cc5)c(=O)c5ccccc5n34)CC2)cc1. The number of hydrogen-bond donors (Lipinski definition) is 1. The number of para-hydroxylation sites is 1. The summed E-state index contributed by atoms with van der Waals surface area (Å²) in [7, 11) is 1.68. The second kappa shape index (κ2) is 13.3. The highest BCUT2D eigenvalue weighted by Crippen LogP contribution is 2.21. The lowest BCUT2D eigenvalue weighted by Gasteiger charge is -2.36. The van der Waals surface area contributed by atoms with Gasteiger partial charge in [0.05, 0.1) is 24.6 Å². The number of piperazine rings is 1. The zero-order valence-electron chi connectivity index (χ0n) is 25.4. The summed E-state index contributed by atoms with van der Waals surface area (Å²) in [6.07, 6.45) is 1.62. The van der Waals surface area contributed by atoms with E-state index in [9.17, 15) is 9.59 Å². The van der Waals surface area contributed by atoms with Gasteiger partial charge in [-0.1, -0.05) is 42.0 Å². The van der Waals surface area contributed by atoms with E-state index in [1.165, 1.54) is 5.69 Å². The molecule has 1 saturated heterocycles. The molecule has 1 amide bonds. The number of aryl methyl sites for hydroxylation is 2. The fourth-order valence-corrected chi connectivity index (χ4v) is 5.86. The Hall–Kier alpha value is -4.70. The monoisotopic (exact) mass is 593 g/mol. The molecule has 0 spiro atoms. The molecule has 0 unspecified atom stereocenters. The molecule has 0 saturated carbocycles. The summed E-state index contributed by atoms with van der Waals surface area (Å²) in [6, 6.07) is 23.9. The smallest absolute Gasteiger partial charge is 0.263 e. The van der Waals surface area contributed by atoms with Crippen LogP contribution in [0.1, 0.15) is 29.8 Å². The maximum Gasteiger partial charge on any atom is 0.263 e. The minimum Gasteiger partial charge on any atom is -0.497 e.